The second-order valence-corrected chi connectivity index (χ2v) is 4.17. The van der Waals surface area contributed by atoms with Crippen LogP contribution in [0.25, 0.3) is 11.3 Å². The summed E-state index contributed by atoms with van der Waals surface area (Å²) in [7, 11) is 0. The molecule has 0 aliphatic heterocycles. The highest BCUT2D eigenvalue weighted by atomic mass is 79.9. The molecule has 0 radical (unpaired) electrons. The van der Waals surface area contributed by atoms with E-state index in [9.17, 15) is 8.28 Å². The molecule has 2 aromatic rings. The van der Waals surface area contributed by atoms with Crippen molar-refractivity contribution in [2.75, 3.05) is 0 Å². The van der Waals surface area contributed by atoms with Gasteiger partial charge in [0.05, 0.1) is 10.7 Å². The van der Waals surface area contributed by atoms with Crippen LogP contribution in [0.2, 0.25) is 0 Å². The minimum Gasteiger partial charge on any atom is -0.207 e. The molecule has 0 N–H and O–H groups in total. The normalized spacial score (nSPS) is 10.6. The van der Waals surface area contributed by atoms with Gasteiger partial charge >= 0.3 is 0 Å². The highest BCUT2D eigenvalue weighted by Crippen LogP contribution is 2.28. The molecule has 0 aliphatic rings. The van der Waals surface area contributed by atoms with Crippen molar-refractivity contribution < 1.29 is 8.28 Å². The molecule has 1 aromatic carbocycles. The minimum absolute atomic E-state index is 0.00310. The third-order valence-electron chi connectivity index (χ3n) is 1.84. The van der Waals surface area contributed by atoms with Crippen LogP contribution in [0.3, 0.4) is 0 Å². The minimum atomic E-state index is -0.311. The zero-order chi connectivity index (χ0) is 10.8. The highest BCUT2D eigenvalue weighted by Gasteiger charge is 2.09. The third kappa shape index (κ3) is 2.21. The smallest absolute Gasteiger partial charge is 0.187 e. The topological polar surface area (TPSA) is 17.8 Å². The zero-order valence-electron chi connectivity index (χ0n) is 7.32. The lowest BCUT2D eigenvalue weighted by molar-refractivity contribution is 0.628. The van der Waals surface area contributed by atoms with Gasteiger partial charge in [-0.2, -0.15) is 9.19 Å². The first-order valence-electron chi connectivity index (χ1n) is 4.01. The molecule has 2 nitrogen and oxygen atoms in total. The molecule has 0 atom stereocenters. The van der Waals surface area contributed by atoms with Crippen LogP contribution in [0.15, 0.2) is 34.9 Å². The first-order valence-corrected chi connectivity index (χ1v) is 5.47. The summed E-state index contributed by atoms with van der Waals surface area (Å²) in [6.07, 6.45) is 1.50. The van der Waals surface area contributed by atoms with Crippen LogP contribution >= 0.6 is 28.3 Å². The molecule has 2 rings (SSSR count). The van der Waals surface area contributed by atoms with Crippen molar-refractivity contribution in [2.24, 2.45) is 0 Å². The maximum atomic E-state index is 12.7. The van der Waals surface area contributed by atoms with E-state index >= 15 is 0 Å². The lowest BCUT2D eigenvalue weighted by Crippen LogP contribution is -1.84. The van der Waals surface area contributed by atoms with E-state index in [0.717, 1.165) is 9.65 Å². The van der Waals surface area contributed by atoms with E-state index < -0.39 is 0 Å². The Balaban J connectivity index is 2.44. The van der Waals surface area contributed by atoms with Gasteiger partial charge in [0.1, 0.15) is 11.5 Å². The summed E-state index contributed by atoms with van der Waals surface area (Å²) in [4.78, 5) is 0. The number of aromatic nitrogens is 2. The Kier molecular flexibility index (Phi) is 3.06. The van der Waals surface area contributed by atoms with Gasteiger partial charge in [-0.15, -0.1) is 3.89 Å². The molecule has 78 valence electrons. The van der Waals surface area contributed by atoms with Crippen molar-refractivity contribution in [3.63, 3.8) is 0 Å². The first kappa shape index (κ1) is 10.6. The van der Waals surface area contributed by atoms with Crippen molar-refractivity contribution >= 4 is 28.3 Å². The van der Waals surface area contributed by atoms with Gasteiger partial charge in [-0.3, -0.25) is 0 Å². The van der Waals surface area contributed by atoms with E-state index in [-0.39, 0.29) is 18.2 Å². The van der Waals surface area contributed by atoms with Crippen LogP contribution in [0.4, 0.5) is 8.28 Å². The van der Waals surface area contributed by atoms with Gasteiger partial charge in [0.2, 0.25) is 0 Å². The van der Waals surface area contributed by atoms with Crippen molar-refractivity contribution in [1.29, 1.82) is 0 Å². The molecule has 15 heavy (non-hydrogen) atoms. The van der Waals surface area contributed by atoms with E-state index in [4.69, 9.17) is 0 Å². The molecule has 0 saturated carbocycles. The van der Waals surface area contributed by atoms with Gasteiger partial charge in [-0.1, -0.05) is 0 Å². The number of hydrogen-bond donors (Lipinski definition) is 0. The molecule has 0 fully saturated rings. The maximum Gasteiger partial charge on any atom is 0.187 e. The molecule has 0 saturated heterocycles. The van der Waals surface area contributed by atoms with E-state index in [1.54, 1.807) is 12.1 Å². The molecule has 0 amide bonds. The molecular weight excluding hydrogens is 286 g/mol. The second-order valence-electron chi connectivity index (χ2n) is 2.80. The third-order valence-corrected chi connectivity index (χ3v) is 2.75. The number of nitrogens with zero attached hydrogens (tertiary/aromatic N) is 2. The lowest BCUT2D eigenvalue weighted by atomic mass is 10.1. The molecule has 0 spiro atoms. The Morgan fingerprint density at radius 3 is 2.47 bits per heavy atom. The largest absolute Gasteiger partial charge is 0.207 e. The van der Waals surface area contributed by atoms with Gasteiger partial charge in [-0.05, 0) is 40.2 Å². The summed E-state index contributed by atoms with van der Waals surface area (Å²) >= 11 is 3.26. The molecule has 6 heteroatoms. The van der Waals surface area contributed by atoms with Gasteiger partial charge < -0.3 is 0 Å². The fourth-order valence-corrected chi connectivity index (χ4v) is 2.07. The number of benzene rings is 1. The van der Waals surface area contributed by atoms with Crippen LogP contribution in [0.5, 0.6) is 0 Å². The quantitative estimate of drug-likeness (QED) is 0.836. The van der Waals surface area contributed by atoms with Crippen molar-refractivity contribution in [3.05, 3.63) is 40.8 Å². The molecule has 0 unspecified atom stereocenters. The zero-order valence-corrected chi connectivity index (χ0v) is 9.73. The van der Waals surface area contributed by atoms with E-state index in [1.165, 1.54) is 18.3 Å². The van der Waals surface area contributed by atoms with Crippen molar-refractivity contribution in [2.45, 2.75) is 0 Å². The fourth-order valence-electron chi connectivity index (χ4n) is 1.17. The lowest BCUT2D eigenvalue weighted by Gasteiger charge is -1.96. The van der Waals surface area contributed by atoms with Crippen LogP contribution in [-0.2, 0) is 0 Å². The molecule has 1 heterocycles. The summed E-state index contributed by atoms with van der Waals surface area (Å²) in [5.74, 6) is -0.311. The van der Waals surface area contributed by atoms with Crippen LogP contribution in [-0.4, -0.2) is 9.19 Å². The number of halogens is 3. The Hall–Kier alpha value is -0.880. The molecule has 0 bridgehead atoms. The second kappa shape index (κ2) is 4.32. The van der Waals surface area contributed by atoms with Crippen LogP contribution in [0.1, 0.15) is 0 Å². The first-order chi connectivity index (χ1) is 7.20. The Labute approximate surface area is 97.8 Å². The summed E-state index contributed by atoms with van der Waals surface area (Å²) in [6.45, 7) is 0. The average Bonchev–Trinajstić information content (AvgIpc) is 2.61. The van der Waals surface area contributed by atoms with Crippen LogP contribution < -0.4 is 0 Å². The van der Waals surface area contributed by atoms with Crippen LogP contribution in [0, 0.1) is 5.82 Å². The van der Waals surface area contributed by atoms with Gasteiger partial charge in [0.15, 0.2) is 12.3 Å². The Morgan fingerprint density at radius 1 is 1.27 bits per heavy atom. The summed E-state index contributed by atoms with van der Waals surface area (Å²) in [6, 6.07) is 5.86. The summed E-state index contributed by atoms with van der Waals surface area (Å²) < 4.78 is 26.7. The van der Waals surface area contributed by atoms with E-state index in [1.807, 2.05) is 0 Å². The SMILES string of the molecule is FSn1cc(Br)c(-c2ccc(F)cc2)n1. The summed E-state index contributed by atoms with van der Waals surface area (Å²) in [5.41, 5.74) is 1.32. The van der Waals surface area contributed by atoms with Crippen molar-refractivity contribution in [1.82, 2.24) is 9.19 Å². The Bertz CT molecular complexity index is 469. The fraction of sp³-hybridized carbons (Fsp3) is 0. The molecule has 0 aliphatic carbocycles. The predicted octanol–water partition coefficient (Wildman–Crippen LogP) is 3.83. The maximum absolute atomic E-state index is 12.7. The van der Waals surface area contributed by atoms with Gasteiger partial charge in [0, 0.05) is 5.56 Å². The number of rotatable bonds is 2. The summed E-state index contributed by atoms with van der Waals surface area (Å²) in [5, 5.41) is 3.96. The van der Waals surface area contributed by atoms with Gasteiger partial charge in [0.25, 0.3) is 0 Å². The van der Waals surface area contributed by atoms with E-state index in [0.29, 0.717) is 10.2 Å². The number of hydrogen-bond acceptors (Lipinski definition) is 2. The van der Waals surface area contributed by atoms with Gasteiger partial charge in [-0.25, -0.2) is 4.39 Å². The molecule has 1 aromatic heterocycles. The monoisotopic (exact) mass is 290 g/mol. The standard InChI is InChI=1S/C9H5BrF2N2S/c10-8-5-14(15-12)13-9(8)6-1-3-7(11)4-2-6/h1-5H. The average molecular weight is 291 g/mol. The molecular formula is C9H5BrF2N2S. The predicted molar refractivity (Wildman–Crippen MR) is 59.4 cm³/mol. The Morgan fingerprint density at radius 2 is 1.93 bits per heavy atom. The highest BCUT2D eigenvalue weighted by molar-refractivity contribution is 9.10. The van der Waals surface area contributed by atoms with Crippen molar-refractivity contribution in [3.8, 4) is 11.3 Å². The van der Waals surface area contributed by atoms with E-state index in [2.05, 4.69) is 21.0 Å².